The van der Waals surface area contributed by atoms with Crippen LogP contribution in [0.2, 0.25) is 0 Å². The van der Waals surface area contributed by atoms with Crippen molar-refractivity contribution >= 4 is 5.78 Å². The zero-order valence-electron chi connectivity index (χ0n) is 8.68. The van der Waals surface area contributed by atoms with Crippen molar-refractivity contribution in [2.24, 2.45) is 9.98 Å². The molecule has 1 aromatic rings. The summed E-state index contributed by atoms with van der Waals surface area (Å²) in [5.74, 6) is 0.137. The van der Waals surface area contributed by atoms with Gasteiger partial charge in [0.05, 0.1) is 23.0 Å². The average molecular weight is 210 g/mol. The molecule has 1 aliphatic heterocycles. The van der Waals surface area contributed by atoms with E-state index in [-0.39, 0.29) is 5.78 Å². The lowest BCUT2D eigenvalue weighted by Gasteiger charge is -2.07. The van der Waals surface area contributed by atoms with Gasteiger partial charge in [-0.15, -0.1) is 0 Å². The van der Waals surface area contributed by atoms with Gasteiger partial charge in [0.25, 0.3) is 0 Å². The zero-order chi connectivity index (χ0) is 11.0. The Hall–Kier alpha value is -2.03. The van der Waals surface area contributed by atoms with Crippen LogP contribution < -0.4 is 10.7 Å². The Kier molecular flexibility index (Phi) is 2.03. The lowest BCUT2D eigenvalue weighted by atomic mass is 10.0. The molecular weight excluding hydrogens is 200 g/mol. The topological polar surface area (TPSA) is 41.8 Å². The van der Waals surface area contributed by atoms with Crippen LogP contribution in [0.1, 0.15) is 6.42 Å². The van der Waals surface area contributed by atoms with E-state index in [1.54, 1.807) is 0 Å². The maximum Gasteiger partial charge on any atom is 0.166 e. The fourth-order valence-corrected chi connectivity index (χ4v) is 1.90. The number of carbonyl (C=O) groups excluding carboxylic acids is 1. The fraction of sp³-hybridized carbons (Fsp3) is 0.154. The lowest BCUT2D eigenvalue weighted by molar-refractivity contribution is -0.114. The van der Waals surface area contributed by atoms with Crippen LogP contribution in [0.25, 0.3) is 0 Å². The summed E-state index contributed by atoms with van der Waals surface area (Å²) in [5, 5.41) is 1.70. The van der Waals surface area contributed by atoms with E-state index in [1.807, 2.05) is 36.4 Å². The number of ketones is 1. The Morgan fingerprint density at radius 2 is 1.94 bits per heavy atom. The molecule has 16 heavy (non-hydrogen) atoms. The largest absolute Gasteiger partial charge is 0.294 e. The maximum absolute atomic E-state index is 11.7. The first kappa shape index (κ1) is 9.21. The highest BCUT2D eigenvalue weighted by atomic mass is 16.1. The van der Waals surface area contributed by atoms with Crippen LogP contribution in [0.4, 0.5) is 0 Å². The monoisotopic (exact) mass is 210 g/mol. The molecule has 3 rings (SSSR count). The molecule has 0 unspecified atom stereocenters. The minimum Gasteiger partial charge on any atom is -0.294 e. The number of nitrogens with zero attached hydrogens (tertiary/aromatic N) is 2. The normalized spacial score (nSPS) is 18.1. The summed E-state index contributed by atoms with van der Waals surface area (Å²) in [5.41, 5.74) is 1.50. The molecule has 0 amide bonds. The summed E-state index contributed by atoms with van der Waals surface area (Å²) >= 11 is 0. The van der Waals surface area contributed by atoms with Crippen molar-refractivity contribution in [2.75, 3.05) is 6.54 Å². The predicted molar refractivity (Wildman–Crippen MR) is 59.4 cm³/mol. The molecule has 1 aromatic carbocycles. The van der Waals surface area contributed by atoms with Gasteiger partial charge < -0.3 is 0 Å². The van der Waals surface area contributed by atoms with Gasteiger partial charge in [-0.3, -0.25) is 9.79 Å². The van der Waals surface area contributed by atoms with Gasteiger partial charge in [0.15, 0.2) is 5.78 Å². The molecule has 0 N–H and O–H groups in total. The van der Waals surface area contributed by atoms with Crippen LogP contribution in [0.15, 0.2) is 57.7 Å². The molecule has 0 aromatic heterocycles. The van der Waals surface area contributed by atoms with E-state index in [0.717, 1.165) is 22.0 Å². The van der Waals surface area contributed by atoms with E-state index in [1.165, 1.54) is 0 Å². The molecule has 3 heteroatoms. The van der Waals surface area contributed by atoms with Crippen molar-refractivity contribution in [2.45, 2.75) is 6.42 Å². The predicted octanol–water partition coefficient (Wildman–Crippen LogP) is 0.722. The molecule has 0 bridgehead atoms. The molecular formula is C13H10N2O. The van der Waals surface area contributed by atoms with Gasteiger partial charge in [-0.25, -0.2) is 4.99 Å². The molecule has 0 spiro atoms. The molecule has 3 nitrogen and oxygen atoms in total. The van der Waals surface area contributed by atoms with Crippen LogP contribution in [-0.4, -0.2) is 12.3 Å². The highest BCUT2D eigenvalue weighted by molar-refractivity contribution is 5.99. The van der Waals surface area contributed by atoms with Crippen molar-refractivity contribution < 1.29 is 4.79 Å². The SMILES string of the molecule is O=C1CC=CC2=C1CN=c1ccccc1=N2. The third-order valence-electron chi connectivity index (χ3n) is 2.75. The first-order chi connectivity index (χ1) is 7.84. The van der Waals surface area contributed by atoms with Gasteiger partial charge in [-0.2, -0.15) is 0 Å². The summed E-state index contributed by atoms with van der Waals surface area (Å²) in [4.78, 5) is 20.6. The smallest absolute Gasteiger partial charge is 0.166 e. The molecule has 2 aliphatic rings. The molecule has 0 saturated carbocycles. The summed E-state index contributed by atoms with van der Waals surface area (Å²) in [7, 11) is 0. The zero-order valence-corrected chi connectivity index (χ0v) is 8.68. The first-order valence-electron chi connectivity index (χ1n) is 5.26. The standard InChI is InChI=1S/C13H10N2O/c16-13-7-3-6-10-9(13)8-14-11-4-1-2-5-12(11)15-10/h1-6H,7-8H2. The Labute approximate surface area is 92.5 Å². The van der Waals surface area contributed by atoms with E-state index in [4.69, 9.17) is 0 Å². The van der Waals surface area contributed by atoms with Gasteiger partial charge in [0.1, 0.15) is 0 Å². The molecule has 0 fully saturated rings. The number of para-hydroxylation sites is 2. The molecule has 1 aliphatic carbocycles. The van der Waals surface area contributed by atoms with Gasteiger partial charge >= 0.3 is 0 Å². The summed E-state index contributed by atoms with van der Waals surface area (Å²) in [6, 6.07) is 7.70. The Bertz CT molecular complexity index is 638. The minimum atomic E-state index is 0.137. The number of hydrogen-bond donors (Lipinski definition) is 0. The van der Waals surface area contributed by atoms with Crippen LogP contribution in [0.3, 0.4) is 0 Å². The maximum atomic E-state index is 11.7. The van der Waals surface area contributed by atoms with Crippen molar-refractivity contribution in [1.82, 2.24) is 0 Å². The van der Waals surface area contributed by atoms with Crippen LogP contribution in [0, 0.1) is 0 Å². The number of rotatable bonds is 0. The average Bonchev–Trinajstić information content (AvgIpc) is 2.48. The van der Waals surface area contributed by atoms with E-state index in [0.29, 0.717) is 13.0 Å². The number of benzene rings is 1. The molecule has 0 atom stereocenters. The Morgan fingerprint density at radius 1 is 1.12 bits per heavy atom. The Balaban J connectivity index is 2.28. The van der Waals surface area contributed by atoms with Gasteiger partial charge in [0.2, 0.25) is 0 Å². The summed E-state index contributed by atoms with van der Waals surface area (Å²) < 4.78 is 0. The van der Waals surface area contributed by atoms with Crippen LogP contribution in [-0.2, 0) is 4.79 Å². The lowest BCUT2D eigenvalue weighted by Crippen LogP contribution is -2.23. The summed E-state index contributed by atoms with van der Waals surface area (Å²) in [6.07, 6.45) is 4.24. The third kappa shape index (κ3) is 1.41. The van der Waals surface area contributed by atoms with Crippen LogP contribution in [0.5, 0.6) is 0 Å². The second-order valence-electron chi connectivity index (χ2n) is 3.81. The van der Waals surface area contributed by atoms with Crippen molar-refractivity contribution in [3.05, 3.63) is 58.4 Å². The van der Waals surface area contributed by atoms with Gasteiger partial charge in [-0.1, -0.05) is 18.2 Å². The van der Waals surface area contributed by atoms with Crippen LogP contribution >= 0.6 is 0 Å². The molecule has 78 valence electrons. The number of Topliss-reactive ketones (excluding diaryl/α,β-unsaturated/α-hetero) is 1. The highest BCUT2D eigenvalue weighted by Gasteiger charge is 2.17. The quantitative estimate of drug-likeness (QED) is 0.622. The van der Waals surface area contributed by atoms with E-state index < -0.39 is 0 Å². The van der Waals surface area contributed by atoms with Crippen molar-refractivity contribution in [3.8, 4) is 0 Å². The highest BCUT2D eigenvalue weighted by Crippen LogP contribution is 2.17. The van der Waals surface area contributed by atoms with E-state index in [9.17, 15) is 4.79 Å². The minimum absolute atomic E-state index is 0.137. The van der Waals surface area contributed by atoms with E-state index in [2.05, 4.69) is 9.98 Å². The second-order valence-corrected chi connectivity index (χ2v) is 3.81. The second kappa shape index (κ2) is 3.52. The number of allylic oxidation sites excluding steroid dienone is 2. The van der Waals surface area contributed by atoms with Gasteiger partial charge in [0, 0.05) is 12.0 Å². The van der Waals surface area contributed by atoms with Crippen molar-refractivity contribution in [1.29, 1.82) is 0 Å². The molecule has 0 saturated heterocycles. The van der Waals surface area contributed by atoms with Crippen molar-refractivity contribution in [3.63, 3.8) is 0 Å². The fourth-order valence-electron chi connectivity index (χ4n) is 1.90. The number of carbonyl (C=O) groups is 1. The van der Waals surface area contributed by atoms with Gasteiger partial charge in [-0.05, 0) is 18.2 Å². The molecule has 0 radical (unpaired) electrons. The first-order valence-corrected chi connectivity index (χ1v) is 5.26. The summed E-state index contributed by atoms with van der Waals surface area (Å²) in [6.45, 7) is 0.443. The molecule has 1 heterocycles. The Morgan fingerprint density at radius 3 is 2.81 bits per heavy atom. The van der Waals surface area contributed by atoms with E-state index >= 15 is 0 Å². The number of fused-ring (bicyclic) bond motifs is 1. The number of hydrogen-bond acceptors (Lipinski definition) is 3. The third-order valence-corrected chi connectivity index (χ3v) is 2.75.